The normalized spacial score (nSPS) is 18.4. The maximum Gasteiger partial charge on any atom is 0.237 e. The fourth-order valence-electron chi connectivity index (χ4n) is 5.15. The summed E-state index contributed by atoms with van der Waals surface area (Å²) in [4.78, 5) is 21.3. The van der Waals surface area contributed by atoms with E-state index < -0.39 is 6.04 Å². The first-order valence-corrected chi connectivity index (χ1v) is 13.3. The van der Waals surface area contributed by atoms with Crippen LogP contribution in [0.2, 0.25) is 0 Å². The lowest BCUT2D eigenvalue weighted by Crippen LogP contribution is -2.47. The van der Waals surface area contributed by atoms with Gasteiger partial charge in [0.25, 0.3) is 0 Å². The quantitative estimate of drug-likeness (QED) is 0.307. The first-order chi connectivity index (χ1) is 18.4. The molecule has 9 nitrogen and oxygen atoms in total. The number of nitrogens with zero attached hydrogens (tertiary/aromatic N) is 4. The lowest BCUT2D eigenvalue weighted by molar-refractivity contribution is -0.123. The Morgan fingerprint density at radius 1 is 1.03 bits per heavy atom. The molecule has 1 saturated carbocycles. The number of carbonyl (C=O) groups excluding carboxylic acids is 1. The number of nitrogen functional groups attached to an aromatic ring is 1. The SMILES string of the molecule is CC(C)C[C@@H](N)C(=O)N[C@H]1CC[C@H](n2nc(-c3ccc(Oc4ccccc4)cc3)c3c(N)ncnc32)CC1. The van der Waals surface area contributed by atoms with Crippen LogP contribution in [-0.4, -0.2) is 37.7 Å². The molecule has 4 aromatic rings. The number of fused-ring (bicyclic) bond motifs is 1. The number of hydrogen-bond donors (Lipinski definition) is 3. The van der Waals surface area contributed by atoms with Crippen molar-refractivity contribution in [2.24, 2.45) is 11.7 Å². The maximum absolute atomic E-state index is 12.5. The average Bonchev–Trinajstić information content (AvgIpc) is 3.31. The Morgan fingerprint density at radius 2 is 1.71 bits per heavy atom. The smallest absolute Gasteiger partial charge is 0.237 e. The number of anilines is 1. The standard InChI is InChI=1S/C29H35N7O2/c1-18(2)16-24(30)29(37)34-20-10-12-21(13-11-20)36-28-25(27(31)32-17-33-28)26(35-36)19-8-14-23(15-9-19)38-22-6-4-3-5-7-22/h3-9,14-15,17-18,20-21,24H,10-13,16,30H2,1-2H3,(H,34,37)(H2,31,32,33)/t20-,21-,24-/m1/s1. The number of nitrogens with two attached hydrogens (primary N) is 2. The van der Waals surface area contributed by atoms with Crippen LogP contribution in [0.4, 0.5) is 5.82 Å². The van der Waals surface area contributed by atoms with Gasteiger partial charge >= 0.3 is 0 Å². The minimum Gasteiger partial charge on any atom is -0.457 e. The lowest BCUT2D eigenvalue weighted by atomic mass is 9.91. The third-order valence-corrected chi connectivity index (χ3v) is 7.08. The van der Waals surface area contributed by atoms with Crippen molar-refractivity contribution in [1.29, 1.82) is 0 Å². The zero-order valence-corrected chi connectivity index (χ0v) is 21.9. The number of hydrogen-bond acceptors (Lipinski definition) is 7. The van der Waals surface area contributed by atoms with E-state index in [0.717, 1.165) is 59.5 Å². The summed E-state index contributed by atoms with van der Waals surface area (Å²) >= 11 is 0. The Morgan fingerprint density at radius 3 is 2.39 bits per heavy atom. The maximum atomic E-state index is 12.5. The third-order valence-electron chi connectivity index (χ3n) is 7.08. The first kappa shape index (κ1) is 25.7. The van der Waals surface area contributed by atoms with Crippen LogP contribution in [0.15, 0.2) is 60.9 Å². The van der Waals surface area contributed by atoms with Crippen molar-refractivity contribution in [3.05, 3.63) is 60.9 Å². The van der Waals surface area contributed by atoms with Gasteiger partial charge in [0.15, 0.2) is 5.65 Å². The van der Waals surface area contributed by atoms with E-state index in [1.807, 2.05) is 59.3 Å². The molecule has 38 heavy (non-hydrogen) atoms. The predicted molar refractivity (Wildman–Crippen MR) is 149 cm³/mol. The Bertz CT molecular complexity index is 1380. The topological polar surface area (TPSA) is 134 Å². The summed E-state index contributed by atoms with van der Waals surface area (Å²) in [6.45, 7) is 4.15. The van der Waals surface area contributed by atoms with Crippen molar-refractivity contribution in [3.63, 3.8) is 0 Å². The summed E-state index contributed by atoms with van der Waals surface area (Å²) in [6, 6.07) is 17.3. The van der Waals surface area contributed by atoms with Crippen molar-refractivity contribution < 1.29 is 9.53 Å². The van der Waals surface area contributed by atoms with E-state index in [0.29, 0.717) is 18.2 Å². The average molecular weight is 514 g/mol. The van der Waals surface area contributed by atoms with E-state index in [1.54, 1.807) is 0 Å². The van der Waals surface area contributed by atoms with Crippen molar-refractivity contribution in [1.82, 2.24) is 25.1 Å². The van der Waals surface area contributed by atoms with Crippen molar-refractivity contribution in [2.45, 2.75) is 64.1 Å². The van der Waals surface area contributed by atoms with Gasteiger partial charge in [-0.1, -0.05) is 32.0 Å². The summed E-state index contributed by atoms with van der Waals surface area (Å²) in [5.74, 6) is 2.24. The van der Waals surface area contributed by atoms with Gasteiger partial charge in [-0.2, -0.15) is 5.10 Å². The van der Waals surface area contributed by atoms with Crippen molar-refractivity contribution >= 4 is 22.8 Å². The highest BCUT2D eigenvalue weighted by molar-refractivity contribution is 5.98. The van der Waals surface area contributed by atoms with Gasteiger partial charge in [0.1, 0.15) is 29.3 Å². The first-order valence-electron chi connectivity index (χ1n) is 13.3. The predicted octanol–water partition coefficient (Wildman–Crippen LogP) is 4.84. The van der Waals surface area contributed by atoms with Crippen LogP contribution in [0, 0.1) is 5.92 Å². The van der Waals surface area contributed by atoms with Gasteiger partial charge in [-0.15, -0.1) is 0 Å². The van der Waals surface area contributed by atoms with E-state index in [9.17, 15) is 4.79 Å². The Labute approximate surface area is 222 Å². The molecule has 1 aliphatic rings. The molecule has 2 heterocycles. The zero-order valence-electron chi connectivity index (χ0n) is 21.9. The summed E-state index contributed by atoms with van der Waals surface area (Å²) in [5.41, 5.74) is 14.8. The molecule has 1 aliphatic carbocycles. The van der Waals surface area contributed by atoms with Crippen molar-refractivity contribution in [2.75, 3.05) is 5.73 Å². The van der Waals surface area contributed by atoms with E-state index in [1.165, 1.54) is 6.33 Å². The minimum atomic E-state index is -0.463. The molecule has 1 fully saturated rings. The van der Waals surface area contributed by atoms with Gasteiger partial charge in [-0.3, -0.25) is 4.79 Å². The lowest BCUT2D eigenvalue weighted by Gasteiger charge is -2.30. The molecule has 2 aromatic heterocycles. The van der Waals surface area contributed by atoms with E-state index in [4.69, 9.17) is 21.3 Å². The summed E-state index contributed by atoms with van der Waals surface area (Å²) in [6.07, 6.45) is 5.62. The molecule has 5 N–H and O–H groups in total. The number of nitrogens with one attached hydrogen (secondary N) is 1. The number of carbonyl (C=O) groups is 1. The molecule has 0 spiro atoms. The highest BCUT2D eigenvalue weighted by Gasteiger charge is 2.28. The Balaban J connectivity index is 1.33. The minimum absolute atomic E-state index is 0.0609. The molecule has 0 saturated heterocycles. The van der Waals surface area contributed by atoms with Crippen LogP contribution >= 0.6 is 0 Å². The van der Waals surface area contributed by atoms with Crippen LogP contribution in [0.3, 0.4) is 0 Å². The second-order valence-electron chi connectivity index (χ2n) is 10.4. The molecule has 0 unspecified atom stereocenters. The van der Waals surface area contributed by atoms with Crippen LogP contribution in [-0.2, 0) is 4.79 Å². The second-order valence-corrected chi connectivity index (χ2v) is 10.4. The van der Waals surface area contributed by atoms with Gasteiger partial charge in [0.2, 0.25) is 5.91 Å². The van der Waals surface area contributed by atoms with Gasteiger partial charge in [-0.05, 0) is 74.4 Å². The molecular formula is C29H35N7O2. The summed E-state index contributed by atoms with van der Waals surface area (Å²) in [7, 11) is 0. The molecule has 198 valence electrons. The van der Waals surface area contributed by atoms with Crippen LogP contribution in [0.25, 0.3) is 22.3 Å². The molecule has 5 rings (SSSR count). The molecule has 1 amide bonds. The molecule has 0 aliphatic heterocycles. The Hall–Kier alpha value is -3.98. The number of para-hydroxylation sites is 1. The summed E-state index contributed by atoms with van der Waals surface area (Å²) in [5, 5.41) is 8.88. The largest absolute Gasteiger partial charge is 0.457 e. The van der Waals surface area contributed by atoms with E-state index in [2.05, 4.69) is 29.1 Å². The van der Waals surface area contributed by atoms with Gasteiger partial charge in [-0.25, -0.2) is 14.6 Å². The Kier molecular flexibility index (Phi) is 7.55. The highest BCUT2D eigenvalue weighted by Crippen LogP contribution is 2.36. The molecule has 0 radical (unpaired) electrons. The monoisotopic (exact) mass is 513 g/mol. The highest BCUT2D eigenvalue weighted by atomic mass is 16.5. The fraction of sp³-hybridized carbons (Fsp3) is 0.379. The molecule has 0 bridgehead atoms. The van der Waals surface area contributed by atoms with Crippen LogP contribution in [0.5, 0.6) is 11.5 Å². The molecular weight excluding hydrogens is 478 g/mol. The number of aromatic nitrogens is 4. The van der Waals surface area contributed by atoms with E-state index >= 15 is 0 Å². The van der Waals surface area contributed by atoms with Crippen LogP contribution in [0.1, 0.15) is 52.0 Å². The van der Waals surface area contributed by atoms with Crippen molar-refractivity contribution in [3.8, 4) is 22.8 Å². The number of rotatable bonds is 8. The van der Waals surface area contributed by atoms with Gasteiger partial charge in [0.05, 0.1) is 17.5 Å². The molecule has 2 aromatic carbocycles. The van der Waals surface area contributed by atoms with Crippen LogP contribution < -0.4 is 21.5 Å². The van der Waals surface area contributed by atoms with Gasteiger partial charge in [0, 0.05) is 11.6 Å². The van der Waals surface area contributed by atoms with Gasteiger partial charge < -0.3 is 21.5 Å². The van der Waals surface area contributed by atoms with E-state index in [-0.39, 0.29) is 18.0 Å². The molecule has 9 heteroatoms. The summed E-state index contributed by atoms with van der Waals surface area (Å²) < 4.78 is 7.92. The fourth-order valence-corrected chi connectivity index (χ4v) is 5.15. The second kappa shape index (κ2) is 11.2. The third kappa shape index (κ3) is 5.62. The zero-order chi connectivity index (χ0) is 26.6. The number of amides is 1. The number of ether oxygens (including phenoxy) is 1. The number of benzene rings is 2. The molecule has 1 atom stereocenters.